The minimum absolute atomic E-state index is 0.130. The van der Waals surface area contributed by atoms with Crippen molar-refractivity contribution < 1.29 is 14.1 Å². The highest BCUT2D eigenvalue weighted by atomic mass is 16.5. The van der Waals surface area contributed by atoms with Gasteiger partial charge in [0.15, 0.2) is 0 Å². The SMILES string of the molecule is CC(C)CC(=O)N1CCCN(C)CCN(C(=O)c2cc(CC(C)C)no2)Cc2ccccc21. The van der Waals surface area contributed by atoms with Gasteiger partial charge in [-0.15, -0.1) is 0 Å². The number of likely N-dealkylation sites (N-methyl/N-ethyl adjacent to an activating group) is 1. The maximum Gasteiger partial charge on any atom is 0.292 e. The highest BCUT2D eigenvalue weighted by Crippen LogP contribution is 2.25. The Hall–Kier alpha value is -2.67. The summed E-state index contributed by atoms with van der Waals surface area (Å²) >= 11 is 0. The van der Waals surface area contributed by atoms with E-state index in [1.807, 2.05) is 34.1 Å². The number of amides is 2. The summed E-state index contributed by atoms with van der Waals surface area (Å²) in [6.07, 6.45) is 2.15. The van der Waals surface area contributed by atoms with Crippen LogP contribution < -0.4 is 4.90 Å². The van der Waals surface area contributed by atoms with Crippen LogP contribution in [0.15, 0.2) is 34.9 Å². The smallest absolute Gasteiger partial charge is 0.292 e. The summed E-state index contributed by atoms with van der Waals surface area (Å²) in [5.41, 5.74) is 2.66. The Labute approximate surface area is 197 Å². The average molecular weight is 455 g/mol. The number of fused-ring (bicyclic) bond motifs is 1. The lowest BCUT2D eigenvalue weighted by atomic mass is 10.1. The molecule has 2 aromatic rings. The zero-order chi connectivity index (χ0) is 24.0. The average Bonchev–Trinajstić information content (AvgIpc) is 3.20. The fourth-order valence-electron chi connectivity index (χ4n) is 4.19. The second-order valence-corrected chi connectivity index (χ2v) is 9.94. The van der Waals surface area contributed by atoms with Crippen LogP contribution in [0.2, 0.25) is 0 Å². The molecule has 1 aromatic carbocycles. The van der Waals surface area contributed by atoms with E-state index in [-0.39, 0.29) is 23.5 Å². The molecule has 0 radical (unpaired) electrons. The van der Waals surface area contributed by atoms with E-state index in [0.29, 0.717) is 32.0 Å². The summed E-state index contributed by atoms with van der Waals surface area (Å²) in [4.78, 5) is 32.5. The van der Waals surface area contributed by atoms with Gasteiger partial charge in [0, 0.05) is 44.4 Å². The summed E-state index contributed by atoms with van der Waals surface area (Å²) in [7, 11) is 2.06. The summed E-state index contributed by atoms with van der Waals surface area (Å²) in [5.74, 6) is 0.958. The third-order valence-corrected chi connectivity index (χ3v) is 5.88. The van der Waals surface area contributed by atoms with E-state index in [0.717, 1.165) is 42.9 Å². The van der Waals surface area contributed by atoms with Crippen molar-refractivity contribution in [3.63, 3.8) is 0 Å². The molecule has 33 heavy (non-hydrogen) atoms. The van der Waals surface area contributed by atoms with Crippen molar-refractivity contribution in [3.05, 3.63) is 47.3 Å². The molecular weight excluding hydrogens is 416 g/mol. The Morgan fingerprint density at radius 3 is 2.52 bits per heavy atom. The Kier molecular flexibility index (Phi) is 8.67. The molecule has 1 aliphatic rings. The van der Waals surface area contributed by atoms with Gasteiger partial charge in [-0.3, -0.25) is 9.59 Å². The molecule has 1 aliphatic heterocycles. The van der Waals surface area contributed by atoms with Crippen molar-refractivity contribution in [1.82, 2.24) is 15.0 Å². The molecule has 0 spiro atoms. The minimum atomic E-state index is -0.167. The Morgan fingerprint density at radius 2 is 1.79 bits per heavy atom. The van der Waals surface area contributed by atoms with Crippen molar-refractivity contribution >= 4 is 17.5 Å². The van der Waals surface area contributed by atoms with E-state index < -0.39 is 0 Å². The molecule has 0 atom stereocenters. The number of hydrogen-bond donors (Lipinski definition) is 0. The number of para-hydroxylation sites is 1. The first-order chi connectivity index (χ1) is 15.7. The lowest BCUT2D eigenvalue weighted by molar-refractivity contribution is -0.119. The van der Waals surface area contributed by atoms with E-state index in [1.54, 1.807) is 6.07 Å². The Bertz CT molecular complexity index is 937. The van der Waals surface area contributed by atoms with Crippen LogP contribution in [0.4, 0.5) is 5.69 Å². The van der Waals surface area contributed by atoms with Gasteiger partial charge in [-0.05, 0) is 49.9 Å². The van der Waals surface area contributed by atoms with Crippen LogP contribution in [0.5, 0.6) is 0 Å². The molecule has 3 rings (SSSR count). The van der Waals surface area contributed by atoms with Crippen molar-refractivity contribution in [2.75, 3.05) is 38.1 Å². The molecule has 0 saturated heterocycles. The van der Waals surface area contributed by atoms with Gasteiger partial charge in [-0.1, -0.05) is 51.1 Å². The zero-order valence-electron chi connectivity index (χ0n) is 20.7. The number of aromatic nitrogens is 1. The number of nitrogens with zero attached hydrogens (tertiary/aromatic N) is 4. The monoisotopic (exact) mass is 454 g/mol. The van der Waals surface area contributed by atoms with Gasteiger partial charge >= 0.3 is 0 Å². The fraction of sp³-hybridized carbons (Fsp3) is 0.577. The van der Waals surface area contributed by atoms with Gasteiger partial charge in [-0.2, -0.15) is 0 Å². The van der Waals surface area contributed by atoms with Crippen molar-refractivity contribution in [2.24, 2.45) is 11.8 Å². The molecule has 0 saturated carbocycles. The topological polar surface area (TPSA) is 69.9 Å². The normalized spacial score (nSPS) is 16.1. The van der Waals surface area contributed by atoms with Gasteiger partial charge in [-0.25, -0.2) is 0 Å². The van der Waals surface area contributed by atoms with Gasteiger partial charge < -0.3 is 19.2 Å². The molecule has 180 valence electrons. The predicted octanol–water partition coefficient (Wildman–Crippen LogP) is 4.23. The molecule has 2 heterocycles. The van der Waals surface area contributed by atoms with Crippen molar-refractivity contribution in [1.29, 1.82) is 0 Å². The molecule has 0 aliphatic carbocycles. The number of benzene rings is 1. The highest BCUT2D eigenvalue weighted by molar-refractivity contribution is 5.95. The standard InChI is InChI=1S/C26H38N4O3/c1-19(2)15-22-17-24(33-27-22)26(32)29-14-13-28(5)11-8-12-30(25(31)16-20(3)4)23-10-7-6-9-21(23)18-29/h6-7,9-10,17,19-20H,8,11-16,18H2,1-5H3. The predicted molar refractivity (Wildman–Crippen MR) is 130 cm³/mol. The van der Waals surface area contributed by atoms with Gasteiger partial charge in [0.1, 0.15) is 0 Å². The van der Waals surface area contributed by atoms with Crippen molar-refractivity contribution in [3.8, 4) is 0 Å². The summed E-state index contributed by atoms with van der Waals surface area (Å²) in [6, 6.07) is 9.70. The van der Waals surface area contributed by atoms with E-state index in [4.69, 9.17) is 4.52 Å². The molecule has 0 bridgehead atoms. The van der Waals surface area contributed by atoms with E-state index >= 15 is 0 Å². The van der Waals surface area contributed by atoms with Crippen LogP contribution in [0.3, 0.4) is 0 Å². The van der Waals surface area contributed by atoms with E-state index in [1.165, 1.54) is 0 Å². The van der Waals surface area contributed by atoms with Crippen LogP contribution in [0.25, 0.3) is 0 Å². The first-order valence-corrected chi connectivity index (χ1v) is 12.1. The van der Waals surface area contributed by atoms with Crippen LogP contribution in [0.1, 0.15) is 62.3 Å². The molecular formula is C26H38N4O3. The van der Waals surface area contributed by atoms with Crippen molar-refractivity contribution in [2.45, 2.75) is 53.5 Å². The molecule has 7 heteroatoms. The molecule has 2 amide bonds. The van der Waals surface area contributed by atoms with Crippen LogP contribution >= 0.6 is 0 Å². The molecule has 1 aromatic heterocycles. The summed E-state index contributed by atoms with van der Waals surface area (Å²) in [6.45, 7) is 11.6. The van der Waals surface area contributed by atoms with Gasteiger partial charge in [0.25, 0.3) is 5.91 Å². The Morgan fingerprint density at radius 1 is 1.03 bits per heavy atom. The highest BCUT2D eigenvalue weighted by Gasteiger charge is 2.25. The third-order valence-electron chi connectivity index (χ3n) is 5.88. The molecule has 0 N–H and O–H groups in total. The number of rotatable bonds is 5. The number of hydrogen-bond acceptors (Lipinski definition) is 5. The first kappa shape index (κ1) is 25.0. The van der Waals surface area contributed by atoms with Crippen LogP contribution in [-0.4, -0.2) is 60.0 Å². The minimum Gasteiger partial charge on any atom is -0.351 e. The van der Waals surface area contributed by atoms with E-state index in [2.05, 4.69) is 44.8 Å². The van der Waals surface area contributed by atoms with E-state index in [9.17, 15) is 9.59 Å². The molecule has 0 unspecified atom stereocenters. The van der Waals surface area contributed by atoms with Gasteiger partial charge in [0.2, 0.25) is 11.7 Å². The second kappa shape index (κ2) is 11.5. The maximum absolute atomic E-state index is 13.4. The van der Waals surface area contributed by atoms with Gasteiger partial charge in [0.05, 0.1) is 5.69 Å². The second-order valence-electron chi connectivity index (χ2n) is 9.94. The number of anilines is 1. The van der Waals surface area contributed by atoms with Crippen LogP contribution in [0, 0.1) is 11.8 Å². The van der Waals surface area contributed by atoms with Crippen LogP contribution in [-0.2, 0) is 17.8 Å². The zero-order valence-corrected chi connectivity index (χ0v) is 20.7. The largest absolute Gasteiger partial charge is 0.351 e. The lowest BCUT2D eigenvalue weighted by Crippen LogP contribution is -2.37. The molecule has 0 fully saturated rings. The third kappa shape index (κ3) is 6.90. The quantitative estimate of drug-likeness (QED) is 0.676. The summed E-state index contributed by atoms with van der Waals surface area (Å²) < 4.78 is 5.43. The maximum atomic E-state index is 13.4. The molecule has 7 nitrogen and oxygen atoms in total. The number of carbonyl (C=O) groups is 2. The lowest BCUT2D eigenvalue weighted by Gasteiger charge is -2.28. The fourth-order valence-corrected chi connectivity index (χ4v) is 4.19. The number of carbonyl (C=O) groups excluding carboxylic acids is 2. The Balaban J connectivity index is 1.91. The first-order valence-electron chi connectivity index (χ1n) is 12.1. The summed E-state index contributed by atoms with van der Waals surface area (Å²) in [5, 5.41) is 4.10.